The van der Waals surface area contributed by atoms with Gasteiger partial charge < -0.3 is 9.73 Å². The van der Waals surface area contributed by atoms with Gasteiger partial charge in [0.15, 0.2) is 11.5 Å². The van der Waals surface area contributed by atoms with Gasteiger partial charge in [-0.2, -0.15) is 0 Å². The maximum atomic E-state index is 6.09. The molecule has 1 N–H and O–H groups in total. The predicted molar refractivity (Wildman–Crippen MR) is 68.5 cm³/mol. The summed E-state index contributed by atoms with van der Waals surface area (Å²) < 4.78 is 5.82. The summed E-state index contributed by atoms with van der Waals surface area (Å²) in [4.78, 5) is 4.55. The second-order valence-corrected chi connectivity index (χ2v) is 5.12. The Hall–Kier alpha value is -1.06. The summed E-state index contributed by atoms with van der Waals surface area (Å²) in [5, 5.41) is 4.07. The fourth-order valence-corrected chi connectivity index (χ4v) is 2.67. The molecule has 0 bridgehead atoms. The summed E-state index contributed by atoms with van der Waals surface area (Å²) >= 11 is 6.09. The molecular formula is C13H15ClN2O. The normalized spacial score (nSPS) is 25.3. The van der Waals surface area contributed by atoms with Gasteiger partial charge in [0, 0.05) is 12.0 Å². The zero-order valence-corrected chi connectivity index (χ0v) is 10.5. The topological polar surface area (TPSA) is 38.1 Å². The molecule has 0 spiro atoms. The molecule has 0 amide bonds. The van der Waals surface area contributed by atoms with E-state index in [0.717, 1.165) is 36.4 Å². The van der Waals surface area contributed by atoms with Crippen LogP contribution in [-0.4, -0.2) is 17.6 Å². The van der Waals surface area contributed by atoms with Gasteiger partial charge in [-0.1, -0.05) is 17.7 Å². The number of halogens is 1. The molecule has 2 heterocycles. The van der Waals surface area contributed by atoms with Gasteiger partial charge in [0.2, 0.25) is 0 Å². The van der Waals surface area contributed by atoms with Gasteiger partial charge in [-0.05, 0) is 38.4 Å². The Labute approximate surface area is 105 Å². The summed E-state index contributed by atoms with van der Waals surface area (Å²) in [5.74, 6) is 1.25. The molecule has 2 aromatic rings. The lowest BCUT2D eigenvalue weighted by Crippen LogP contribution is -2.34. The van der Waals surface area contributed by atoms with E-state index in [1.807, 2.05) is 18.2 Å². The number of oxazole rings is 1. The molecule has 1 aromatic carbocycles. The van der Waals surface area contributed by atoms with Crippen molar-refractivity contribution in [2.45, 2.75) is 31.7 Å². The predicted octanol–water partition coefficient (Wildman–Crippen LogP) is 3.34. The van der Waals surface area contributed by atoms with Crippen molar-refractivity contribution < 1.29 is 4.42 Å². The van der Waals surface area contributed by atoms with Crippen LogP contribution >= 0.6 is 11.6 Å². The number of hydrogen-bond acceptors (Lipinski definition) is 3. The highest BCUT2D eigenvalue weighted by atomic mass is 35.5. The standard InChI is InChI=1S/C13H15ClN2O/c1-8-7-9(5-6-15-8)13-16-11-4-2-3-10(14)12(11)17-13/h2-4,8-9,15H,5-7H2,1H3. The first-order valence-electron chi connectivity index (χ1n) is 6.02. The lowest BCUT2D eigenvalue weighted by molar-refractivity contribution is 0.336. The maximum absolute atomic E-state index is 6.09. The Morgan fingerprint density at radius 1 is 1.47 bits per heavy atom. The van der Waals surface area contributed by atoms with E-state index < -0.39 is 0 Å². The van der Waals surface area contributed by atoms with E-state index in [-0.39, 0.29) is 0 Å². The van der Waals surface area contributed by atoms with Crippen LogP contribution in [-0.2, 0) is 0 Å². The summed E-state index contributed by atoms with van der Waals surface area (Å²) in [7, 11) is 0. The third kappa shape index (κ3) is 2.05. The van der Waals surface area contributed by atoms with Gasteiger partial charge >= 0.3 is 0 Å². The fourth-order valence-electron chi connectivity index (χ4n) is 2.46. The van der Waals surface area contributed by atoms with Crippen LogP contribution in [0.5, 0.6) is 0 Å². The second-order valence-electron chi connectivity index (χ2n) is 4.72. The molecule has 2 unspecified atom stereocenters. The Morgan fingerprint density at radius 3 is 3.12 bits per heavy atom. The molecule has 3 nitrogen and oxygen atoms in total. The first-order valence-corrected chi connectivity index (χ1v) is 6.40. The molecule has 1 saturated heterocycles. The van der Waals surface area contributed by atoms with Crippen molar-refractivity contribution in [3.05, 3.63) is 29.1 Å². The van der Waals surface area contributed by atoms with Crippen LogP contribution in [0.4, 0.5) is 0 Å². The molecule has 1 aliphatic heterocycles. The Kier molecular flexibility index (Phi) is 2.81. The van der Waals surface area contributed by atoms with Crippen LogP contribution in [0.2, 0.25) is 5.02 Å². The van der Waals surface area contributed by atoms with Crippen molar-refractivity contribution in [3.63, 3.8) is 0 Å². The molecule has 1 aliphatic rings. The lowest BCUT2D eigenvalue weighted by Gasteiger charge is -2.25. The van der Waals surface area contributed by atoms with E-state index in [2.05, 4.69) is 17.2 Å². The summed E-state index contributed by atoms with van der Waals surface area (Å²) in [5.41, 5.74) is 1.58. The molecule has 0 aliphatic carbocycles. The highest BCUT2D eigenvalue weighted by molar-refractivity contribution is 6.34. The van der Waals surface area contributed by atoms with Crippen LogP contribution in [0.1, 0.15) is 31.6 Å². The molecule has 3 rings (SSSR count). The molecule has 1 fully saturated rings. The summed E-state index contributed by atoms with van der Waals surface area (Å²) in [6.45, 7) is 3.22. The van der Waals surface area contributed by atoms with Crippen molar-refractivity contribution in [3.8, 4) is 0 Å². The average molecular weight is 251 g/mol. The molecule has 2 atom stereocenters. The number of nitrogens with one attached hydrogen (secondary N) is 1. The van der Waals surface area contributed by atoms with Crippen LogP contribution < -0.4 is 5.32 Å². The van der Waals surface area contributed by atoms with Gasteiger partial charge in [-0.15, -0.1) is 0 Å². The zero-order valence-electron chi connectivity index (χ0n) is 9.74. The van der Waals surface area contributed by atoms with Crippen LogP contribution in [0, 0.1) is 0 Å². The largest absolute Gasteiger partial charge is 0.439 e. The van der Waals surface area contributed by atoms with Gasteiger partial charge in [-0.25, -0.2) is 4.98 Å². The Morgan fingerprint density at radius 2 is 2.35 bits per heavy atom. The number of nitrogens with zero attached hydrogens (tertiary/aromatic N) is 1. The number of rotatable bonds is 1. The molecule has 0 saturated carbocycles. The van der Waals surface area contributed by atoms with Gasteiger partial charge in [0.1, 0.15) is 5.52 Å². The first-order chi connectivity index (χ1) is 8.24. The summed E-state index contributed by atoms with van der Waals surface area (Å²) in [6, 6.07) is 6.21. The van der Waals surface area contributed by atoms with Gasteiger partial charge in [0.05, 0.1) is 5.02 Å². The molecule has 17 heavy (non-hydrogen) atoms. The van der Waals surface area contributed by atoms with Crippen molar-refractivity contribution >= 4 is 22.7 Å². The third-order valence-corrected chi connectivity index (χ3v) is 3.65. The average Bonchev–Trinajstić information content (AvgIpc) is 2.74. The number of para-hydroxylation sites is 1. The Balaban J connectivity index is 1.97. The second kappa shape index (κ2) is 4.31. The molecule has 1 aromatic heterocycles. The number of piperidine rings is 1. The number of fused-ring (bicyclic) bond motifs is 1. The quantitative estimate of drug-likeness (QED) is 0.844. The minimum Gasteiger partial charge on any atom is -0.439 e. The van der Waals surface area contributed by atoms with Gasteiger partial charge in [0.25, 0.3) is 0 Å². The van der Waals surface area contributed by atoms with Crippen LogP contribution in [0.25, 0.3) is 11.1 Å². The molecule has 0 radical (unpaired) electrons. The zero-order chi connectivity index (χ0) is 11.8. The van der Waals surface area contributed by atoms with E-state index in [9.17, 15) is 0 Å². The smallest absolute Gasteiger partial charge is 0.198 e. The lowest BCUT2D eigenvalue weighted by atomic mass is 9.93. The van der Waals surface area contributed by atoms with E-state index in [1.165, 1.54) is 0 Å². The fraction of sp³-hybridized carbons (Fsp3) is 0.462. The number of hydrogen-bond donors (Lipinski definition) is 1. The van der Waals surface area contributed by atoms with E-state index >= 15 is 0 Å². The molecule has 4 heteroatoms. The van der Waals surface area contributed by atoms with E-state index in [1.54, 1.807) is 0 Å². The first kappa shape index (κ1) is 11.1. The molecule has 90 valence electrons. The minimum atomic E-state index is 0.412. The third-order valence-electron chi connectivity index (χ3n) is 3.36. The van der Waals surface area contributed by atoms with Crippen molar-refractivity contribution in [1.29, 1.82) is 0 Å². The van der Waals surface area contributed by atoms with E-state index in [0.29, 0.717) is 17.0 Å². The molecular weight excluding hydrogens is 236 g/mol. The van der Waals surface area contributed by atoms with E-state index in [4.69, 9.17) is 16.0 Å². The van der Waals surface area contributed by atoms with Crippen LogP contribution in [0.3, 0.4) is 0 Å². The number of aromatic nitrogens is 1. The highest BCUT2D eigenvalue weighted by Gasteiger charge is 2.24. The number of benzene rings is 1. The van der Waals surface area contributed by atoms with Crippen molar-refractivity contribution in [1.82, 2.24) is 10.3 Å². The van der Waals surface area contributed by atoms with Gasteiger partial charge in [-0.3, -0.25) is 0 Å². The monoisotopic (exact) mass is 250 g/mol. The summed E-state index contributed by atoms with van der Waals surface area (Å²) in [6.07, 6.45) is 2.15. The van der Waals surface area contributed by atoms with Crippen molar-refractivity contribution in [2.75, 3.05) is 6.54 Å². The maximum Gasteiger partial charge on any atom is 0.198 e. The highest BCUT2D eigenvalue weighted by Crippen LogP contribution is 2.32. The Bertz CT molecular complexity index is 537. The minimum absolute atomic E-state index is 0.412. The SMILES string of the molecule is CC1CC(c2nc3cccc(Cl)c3o2)CCN1. The van der Waals surface area contributed by atoms with Crippen molar-refractivity contribution in [2.24, 2.45) is 0 Å². The van der Waals surface area contributed by atoms with Crippen LogP contribution in [0.15, 0.2) is 22.6 Å².